The molecule has 2 rings (SSSR count). The Morgan fingerprint density at radius 1 is 1.17 bits per heavy atom. The van der Waals surface area contributed by atoms with Crippen molar-refractivity contribution in [1.29, 1.82) is 0 Å². The molecule has 92 valence electrons. The largest absolute Gasteiger partial charge is 0.481 e. The maximum absolute atomic E-state index is 11.9. The molecule has 0 radical (unpaired) electrons. The molecule has 6 nitrogen and oxygen atoms in total. The maximum Gasteiger partial charge on any atom is 0.343 e. The number of hydrogen-bond donors (Lipinski definition) is 2. The smallest absolute Gasteiger partial charge is 0.343 e. The SMILES string of the molecule is O=C(O)Cc1oc2ccccc2c(=O)c1C(=O)O. The summed E-state index contributed by atoms with van der Waals surface area (Å²) in [7, 11) is 0. The number of aromatic carboxylic acids is 1. The van der Waals surface area contributed by atoms with E-state index in [4.69, 9.17) is 14.6 Å². The molecule has 0 unspecified atom stereocenters. The van der Waals surface area contributed by atoms with Crippen LogP contribution in [0, 0.1) is 0 Å². The number of benzene rings is 1. The molecule has 2 aromatic rings. The third-order valence-electron chi connectivity index (χ3n) is 2.40. The highest BCUT2D eigenvalue weighted by Crippen LogP contribution is 2.16. The zero-order valence-corrected chi connectivity index (χ0v) is 9.04. The summed E-state index contributed by atoms with van der Waals surface area (Å²) in [5.41, 5.74) is -1.19. The number of carboxylic acid groups (broad SMARTS) is 2. The van der Waals surface area contributed by atoms with Crippen molar-refractivity contribution < 1.29 is 24.2 Å². The second kappa shape index (κ2) is 4.33. The van der Waals surface area contributed by atoms with Gasteiger partial charge in [0.1, 0.15) is 23.3 Å². The summed E-state index contributed by atoms with van der Waals surface area (Å²) in [6, 6.07) is 6.09. The lowest BCUT2D eigenvalue weighted by Gasteiger charge is -2.04. The van der Waals surface area contributed by atoms with Crippen LogP contribution in [0.5, 0.6) is 0 Å². The Labute approximate surface area is 100 Å². The predicted molar refractivity (Wildman–Crippen MR) is 60.8 cm³/mol. The fourth-order valence-electron chi connectivity index (χ4n) is 1.67. The summed E-state index contributed by atoms with van der Waals surface area (Å²) in [6.07, 6.45) is -0.651. The molecule has 0 saturated carbocycles. The van der Waals surface area contributed by atoms with Crippen LogP contribution in [0.1, 0.15) is 16.1 Å². The van der Waals surface area contributed by atoms with Crippen molar-refractivity contribution in [2.24, 2.45) is 0 Å². The Hall–Kier alpha value is -2.63. The van der Waals surface area contributed by atoms with Crippen LogP contribution >= 0.6 is 0 Å². The van der Waals surface area contributed by atoms with Crippen LogP contribution in [0.15, 0.2) is 33.5 Å². The first-order chi connectivity index (χ1) is 8.50. The van der Waals surface area contributed by atoms with Crippen molar-refractivity contribution in [3.05, 3.63) is 45.8 Å². The van der Waals surface area contributed by atoms with E-state index in [0.717, 1.165) is 0 Å². The van der Waals surface area contributed by atoms with Gasteiger partial charge in [-0.1, -0.05) is 12.1 Å². The molecule has 0 aliphatic rings. The molecule has 1 aromatic carbocycles. The van der Waals surface area contributed by atoms with Crippen molar-refractivity contribution in [3.63, 3.8) is 0 Å². The third kappa shape index (κ3) is 1.95. The first-order valence-electron chi connectivity index (χ1n) is 5.00. The van der Waals surface area contributed by atoms with E-state index in [0.29, 0.717) is 0 Å². The van der Waals surface area contributed by atoms with Crippen LogP contribution in [-0.4, -0.2) is 22.2 Å². The number of hydrogen-bond acceptors (Lipinski definition) is 4. The fourth-order valence-corrected chi connectivity index (χ4v) is 1.67. The molecule has 0 saturated heterocycles. The molecule has 0 atom stereocenters. The molecule has 0 bridgehead atoms. The van der Waals surface area contributed by atoms with Gasteiger partial charge in [-0.15, -0.1) is 0 Å². The fraction of sp³-hybridized carbons (Fsp3) is 0.0833. The monoisotopic (exact) mass is 248 g/mol. The van der Waals surface area contributed by atoms with Gasteiger partial charge in [0.05, 0.1) is 5.39 Å². The first-order valence-corrected chi connectivity index (χ1v) is 5.00. The molecule has 0 fully saturated rings. The van der Waals surface area contributed by atoms with Crippen molar-refractivity contribution in [1.82, 2.24) is 0 Å². The first kappa shape index (κ1) is 11.8. The second-order valence-electron chi connectivity index (χ2n) is 3.60. The Morgan fingerprint density at radius 3 is 2.44 bits per heavy atom. The van der Waals surface area contributed by atoms with Gasteiger partial charge in [-0.05, 0) is 12.1 Å². The topological polar surface area (TPSA) is 105 Å². The van der Waals surface area contributed by atoms with Crippen molar-refractivity contribution in [2.45, 2.75) is 6.42 Å². The van der Waals surface area contributed by atoms with E-state index in [-0.39, 0.29) is 16.7 Å². The van der Waals surface area contributed by atoms with Crippen LogP contribution < -0.4 is 5.43 Å². The standard InChI is InChI=1S/C12H8O6/c13-9(14)5-8-10(12(16)17)11(15)6-3-1-2-4-7(6)18-8/h1-4H,5H2,(H,13,14)(H,16,17). The summed E-state index contributed by atoms with van der Waals surface area (Å²) in [5.74, 6) is -3.11. The lowest BCUT2D eigenvalue weighted by Crippen LogP contribution is -2.19. The van der Waals surface area contributed by atoms with E-state index in [1.807, 2.05) is 0 Å². The maximum atomic E-state index is 11.9. The third-order valence-corrected chi connectivity index (χ3v) is 2.40. The summed E-state index contributed by atoms with van der Waals surface area (Å²) >= 11 is 0. The van der Waals surface area contributed by atoms with Gasteiger partial charge < -0.3 is 14.6 Å². The number of rotatable bonds is 3. The zero-order valence-electron chi connectivity index (χ0n) is 9.04. The van der Waals surface area contributed by atoms with Gasteiger partial charge in [0, 0.05) is 0 Å². The Morgan fingerprint density at radius 2 is 1.83 bits per heavy atom. The highest BCUT2D eigenvalue weighted by Gasteiger charge is 2.21. The summed E-state index contributed by atoms with van der Waals surface area (Å²) in [4.78, 5) is 33.6. The van der Waals surface area contributed by atoms with Gasteiger partial charge in [0.2, 0.25) is 5.43 Å². The van der Waals surface area contributed by atoms with E-state index < -0.39 is 29.4 Å². The van der Waals surface area contributed by atoms with Crippen LogP contribution in [0.3, 0.4) is 0 Å². The van der Waals surface area contributed by atoms with Crippen molar-refractivity contribution >= 4 is 22.9 Å². The molecule has 6 heteroatoms. The van der Waals surface area contributed by atoms with Gasteiger partial charge in [-0.3, -0.25) is 9.59 Å². The average molecular weight is 248 g/mol. The summed E-state index contributed by atoms with van der Waals surface area (Å²) in [6.45, 7) is 0. The highest BCUT2D eigenvalue weighted by molar-refractivity contribution is 5.93. The number of para-hydroxylation sites is 1. The normalized spacial score (nSPS) is 10.4. The molecule has 2 N–H and O–H groups in total. The number of carboxylic acids is 2. The van der Waals surface area contributed by atoms with Gasteiger partial charge in [-0.2, -0.15) is 0 Å². The van der Waals surface area contributed by atoms with Crippen LogP contribution in [0.2, 0.25) is 0 Å². The molecule has 1 heterocycles. The molecule has 1 aromatic heterocycles. The van der Waals surface area contributed by atoms with Gasteiger partial charge in [0.15, 0.2) is 0 Å². The zero-order chi connectivity index (χ0) is 13.3. The minimum atomic E-state index is -1.49. The second-order valence-corrected chi connectivity index (χ2v) is 3.60. The molecular formula is C12H8O6. The predicted octanol–water partition coefficient (Wildman–Crippen LogP) is 1.12. The van der Waals surface area contributed by atoms with E-state index >= 15 is 0 Å². The Bertz CT molecular complexity index is 697. The van der Waals surface area contributed by atoms with Crippen molar-refractivity contribution in [2.75, 3.05) is 0 Å². The lowest BCUT2D eigenvalue weighted by atomic mass is 10.1. The average Bonchev–Trinajstić information content (AvgIpc) is 2.27. The van der Waals surface area contributed by atoms with Crippen LogP contribution in [0.4, 0.5) is 0 Å². The molecule has 18 heavy (non-hydrogen) atoms. The molecule has 0 aliphatic carbocycles. The number of aliphatic carboxylic acids is 1. The van der Waals surface area contributed by atoms with E-state index in [1.165, 1.54) is 12.1 Å². The van der Waals surface area contributed by atoms with Gasteiger partial charge in [0.25, 0.3) is 0 Å². The quantitative estimate of drug-likeness (QED) is 0.843. The minimum absolute atomic E-state index is 0.115. The highest BCUT2D eigenvalue weighted by atomic mass is 16.4. The molecule has 0 amide bonds. The Kier molecular flexibility index (Phi) is 2.85. The van der Waals surface area contributed by atoms with Gasteiger partial charge >= 0.3 is 11.9 Å². The summed E-state index contributed by atoms with van der Waals surface area (Å²) in [5, 5.41) is 17.8. The van der Waals surface area contributed by atoms with E-state index in [1.54, 1.807) is 12.1 Å². The van der Waals surface area contributed by atoms with E-state index in [2.05, 4.69) is 0 Å². The van der Waals surface area contributed by atoms with Gasteiger partial charge in [-0.25, -0.2) is 4.79 Å². The van der Waals surface area contributed by atoms with E-state index in [9.17, 15) is 14.4 Å². The lowest BCUT2D eigenvalue weighted by molar-refractivity contribution is -0.136. The molecule has 0 spiro atoms. The number of carbonyl (C=O) groups is 2. The summed E-state index contributed by atoms with van der Waals surface area (Å²) < 4.78 is 5.18. The Balaban J connectivity index is 2.83. The van der Waals surface area contributed by atoms with Crippen LogP contribution in [-0.2, 0) is 11.2 Å². The minimum Gasteiger partial charge on any atom is -0.481 e. The molecular weight excluding hydrogens is 240 g/mol. The van der Waals surface area contributed by atoms with Crippen LogP contribution in [0.25, 0.3) is 11.0 Å². The van der Waals surface area contributed by atoms with Crippen molar-refractivity contribution in [3.8, 4) is 0 Å². The number of fused-ring (bicyclic) bond motifs is 1. The molecule has 0 aliphatic heterocycles.